The Morgan fingerprint density at radius 3 is 2.62 bits per heavy atom. The molecule has 0 aromatic carbocycles. The molecular weight excluding hydrogens is 392 g/mol. The maximum Gasteiger partial charge on any atom is 0.281 e. The first-order valence-corrected chi connectivity index (χ1v) is 10.5. The Balaban J connectivity index is 2.00. The van der Waals surface area contributed by atoms with Gasteiger partial charge >= 0.3 is 0 Å². The summed E-state index contributed by atoms with van der Waals surface area (Å²) < 4.78 is 27.2. The number of sulfonamides is 1. The van der Waals surface area contributed by atoms with Gasteiger partial charge in [0.1, 0.15) is 23.4 Å². The molecular formula is C19H22N6O3S. The Morgan fingerprint density at radius 2 is 2.03 bits per heavy atom. The first-order valence-electron chi connectivity index (χ1n) is 9.04. The van der Waals surface area contributed by atoms with Crippen LogP contribution in [-0.4, -0.2) is 36.4 Å². The Kier molecular flexibility index (Phi) is 5.19. The fraction of sp³-hybridized carbons (Fsp3) is 0.368. The summed E-state index contributed by atoms with van der Waals surface area (Å²) in [6.45, 7) is 6.80. The maximum absolute atomic E-state index is 12.9. The van der Waals surface area contributed by atoms with Gasteiger partial charge in [0.25, 0.3) is 15.9 Å². The van der Waals surface area contributed by atoms with Gasteiger partial charge in [-0.15, -0.1) is 0 Å². The fourth-order valence-corrected chi connectivity index (χ4v) is 4.25. The number of nitriles is 1. The number of hydrogen-bond acceptors (Lipinski definition) is 8. The van der Waals surface area contributed by atoms with Crippen LogP contribution in [0.1, 0.15) is 43.2 Å². The van der Waals surface area contributed by atoms with Crippen molar-refractivity contribution in [2.75, 3.05) is 17.2 Å². The molecule has 0 radical (unpaired) electrons. The maximum atomic E-state index is 12.9. The molecule has 1 saturated heterocycles. The Labute approximate surface area is 169 Å². The third kappa shape index (κ3) is 3.86. The zero-order valence-corrected chi connectivity index (χ0v) is 17.2. The highest BCUT2D eigenvalue weighted by Gasteiger charge is 2.41. The molecule has 152 valence electrons. The summed E-state index contributed by atoms with van der Waals surface area (Å²) in [6, 6.07) is 8.89. The number of aromatic nitrogens is 2. The van der Waals surface area contributed by atoms with E-state index in [4.69, 9.17) is 5.73 Å². The molecule has 1 fully saturated rings. The summed E-state index contributed by atoms with van der Waals surface area (Å²) in [7, 11) is -4.23. The number of nitrogens with two attached hydrogens (primary N) is 1. The number of nitrogen functional groups attached to an aromatic ring is 1. The van der Waals surface area contributed by atoms with Gasteiger partial charge in [-0.05, 0) is 50.5 Å². The van der Waals surface area contributed by atoms with E-state index in [9.17, 15) is 18.5 Å². The molecule has 3 heterocycles. The molecule has 0 aliphatic carbocycles. The van der Waals surface area contributed by atoms with E-state index < -0.39 is 15.9 Å². The van der Waals surface area contributed by atoms with E-state index in [1.165, 1.54) is 30.3 Å². The highest BCUT2D eigenvalue weighted by Crippen LogP contribution is 2.38. The highest BCUT2D eigenvalue weighted by molar-refractivity contribution is 7.90. The highest BCUT2D eigenvalue weighted by atomic mass is 32.2. The minimum absolute atomic E-state index is 0.0221. The van der Waals surface area contributed by atoms with Gasteiger partial charge in [0.2, 0.25) is 0 Å². The summed E-state index contributed by atoms with van der Waals surface area (Å²) in [4.78, 5) is 22.9. The van der Waals surface area contributed by atoms with Crippen molar-refractivity contribution in [2.24, 2.45) is 5.92 Å². The molecule has 3 rings (SSSR count). The van der Waals surface area contributed by atoms with Crippen LogP contribution in [0.4, 0.5) is 11.6 Å². The number of rotatable bonds is 4. The smallest absolute Gasteiger partial charge is 0.281 e. The van der Waals surface area contributed by atoms with E-state index in [1.807, 2.05) is 29.5 Å². The van der Waals surface area contributed by atoms with Gasteiger partial charge in [-0.3, -0.25) is 4.79 Å². The summed E-state index contributed by atoms with van der Waals surface area (Å²) in [5.41, 5.74) is 5.44. The monoisotopic (exact) mass is 414 g/mol. The Bertz CT molecular complexity index is 1110. The predicted octanol–water partition coefficient (Wildman–Crippen LogP) is 1.67. The average molecular weight is 414 g/mol. The van der Waals surface area contributed by atoms with E-state index in [-0.39, 0.29) is 33.5 Å². The zero-order valence-electron chi connectivity index (χ0n) is 16.4. The van der Waals surface area contributed by atoms with Crippen molar-refractivity contribution < 1.29 is 13.2 Å². The second kappa shape index (κ2) is 7.33. The standard InChI is InChI=1S/C19H22N6O3S/c1-12-9-10-25(19(12,2)3)17-14(8-7-13(11-20)22-17)18(26)24-29(27,28)16-6-4-5-15(21)23-16/h4-8,12H,9-10H2,1-3H3,(H2,21,23)(H,24,26). The van der Waals surface area contributed by atoms with Crippen LogP contribution in [0.3, 0.4) is 0 Å². The van der Waals surface area contributed by atoms with Gasteiger partial charge < -0.3 is 10.6 Å². The Morgan fingerprint density at radius 1 is 1.31 bits per heavy atom. The van der Waals surface area contributed by atoms with Crippen molar-refractivity contribution in [1.82, 2.24) is 14.7 Å². The van der Waals surface area contributed by atoms with E-state index in [0.717, 1.165) is 6.42 Å². The lowest BCUT2D eigenvalue weighted by Gasteiger charge is -2.36. The topological polar surface area (TPSA) is 142 Å². The van der Waals surface area contributed by atoms with Crippen LogP contribution < -0.4 is 15.4 Å². The van der Waals surface area contributed by atoms with Gasteiger partial charge in [-0.1, -0.05) is 13.0 Å². The number of anilines is 2. The van der Waals surface area contributed by atoms with Crippen LogP contribution in [0.5, 0.6) is 0 Å². The van der Waals surface area contributed by atoms with Crippen LogP contribution in [0, 0.1) is 17.2 Å². The molecule has 1 atom stereocenters. The van der Waals surface area contributed by atoms with Crippen molar-refractivity contribution in [2.45, 2.75) is 37.8 Å². The SMILES string of the molecule is CC1CCN(c2nc(C#N)ccc2C(=O)NS(=O)(=O)c2cccc(N)n2)C1(C)C. The lowest BCUT2D eigenvalue weighted by Crippen LogP contribution is -2.43. The molecule has 29 heavy (non-hydrogen) atoms. The molecule has 1 aliphatic heterocycles. The summed E-state index contributed by atoms with van der Waals surface area (Å²) >= 11 is 0. The molecule has 0 saturated carbocycles. The van der Waals surface area contributed by atoms with Crippen molar-refractivity contribution in [1.29, 1.82) is 5.26 Å². The van der Waals surface area contributed by atoms with Crippen LogP contribution in [-0.2, 0) is 10.0 Å². The molecule has 3 N–H and O–H groups in total. The molecule has 2 aromatic rings. The van der Waals surface area contributed by atoms with Crippen molar-refractivity contribution >= 4 is 27.6 Å². The molecule has 1 amide bonds. The van der Waals surface area contributed by atoms with Gasteiger partial charge in [0.05, 0.1) is 5.56 Å². The molecule has 0 bridgehead atoms. The molecule has 1 unspecified atom stereocenters. The lowest BCUT2D eigenvalue weighted by atomic mass is 9.90. The predicted molar refractivity (Wildman–Crippen MR) is 107 cm³/mol. The summed E-state index contributed by atoms with van der Waals surface area (Å²) in [5, 5.41) is 8.87. The number of hydrogen-bond donors (Lipinski definition) is 2. The van der Waals surface area contributed by atoms with Gasteiger partial charge in [0.15, 0.2) is 5.03 Å². The van der Waals surface area contributed by atoms with Crippen LogP contribution in [0.25, 0.3) is 0 Å². The third-order valence-electron chi connectivity index (χ3n) is 5.42. The summed E-state index contributed by atoms with van der Waals surface area (Å²) in [6.07, 6.45) is 0.887. The van der Waals surface area contributed by atoms with Gasteiger partial charge in [0, 0.05) is 12.1 Å². The minimum Gasteiger partial charge on any atom is -0.384 e. The fourth-order valence-electron chi connectivity index (χ4n) is 3.31. The van der Waals surface area contributed by atoms with Crippen LogP contribution in [0.15, 0.2) is 35.4 Å². The first kappa shape index (κ1) is 20.5. The van der Waals surface area contributed by atoms with E-state index in [1.54, 1.807) is 0 Å². The molecule has 2 aromatic heterocycles. The number of nitrogens with one attached hydrogen (secondary N) is 1. The number of amides is 1. The molecule has 10 heteroatoms. The van der Waals surface area contributed by atoms with Crippen molar-refractivity contribution in [3.8, 4) is 6.07 Å². The van der Waals surface area contributed by atoms with Crippen LogP contribution >= 0.6 is 0 Å². The van der Waals surface area contributed by atoms with Crippen molar-refractivity contribution in [3.63, 3.8) is 0 Å². The summed E-state index contributed by atoms with van der Waals surface area (Å²) in [5.74, 6) is -0.219. The third-order valence-corrected chi connectivity index (χ3v) is 6.66. The first-order chi connectivity index (χ1) is 13.6. The van der Waals surface area contributed by atoms with Crippen molar-refractivity contribution in [3.05, 3.63) is 41.6 Å². The van der Waals surface area contributed by atoms with E-state index >= 15 is 0 Å². The molecule has 0 spiro atoms. The Hall–Kier alpha value is -3.19. The normalized spacial score (nSPS) is 18.3. The lowest BCUT2D eigenvalue weighted by molar-refractivity contribution is 0.0981. The molecule has 1 aliphatic rings. The van der Waals surface area contributed by atoms with E-state index in [2.05, 4.69) is 16.9 Å². The number of pyridine rings is 2. The number of carbonyl (C=O) groups is 1. The number of nitrogens with zero attached hydrogens (tertiary/aromatic N) is 4. The van der Waals surface area contributed by atoms with Gasteiger partial charge in [-0.25, -0.2) is 14.7 Å². The largest absolute Gasteiger partial charge is 0.384 e. The zero-order chi connectivity index (χ0) is 21.4. The van der Waals surface area contributed by atoms with Crippen LogP contribution in [0.2, 0.25) is 0 Å². The van der Waals surface area contributed by atoms with E-state index in [0.29, 0.717) is 12.5 Å². The second-order valence-corrected chi connectivity index (χ2v) is 9.14. The second-order valence-electron chi connectivity index (χ2n) is 7.51. The molecule has 9 nitrogen and oxygen atoms in total. The van der Waals surface area contributed by atoms with Gasteiger partial charge in [-0.2, -0.15) is 13.7 Å². The minimum atomic E-state index is -4.23. The quantitative estimate of drug-likeness (QED) is 0.769. The average Bonchev–Trinajstić information content (AvgIpc) is 2.93. The number of carbonyl (C=O) groups excluding carboxylic acids is 1.